The summed E-state index contributed by atoms with van der Waals surface area (Å²) >= 11 is 1.06. The molecule has 1 N–H and O–H groups in total. The van der Waals surface area contributed by atoms with Gasteiger partial charge in [0.1, 0.15) is 6.07 Å². The lowest BCUT2D eigenvalue weighted by Crippen LogP contribution is -2.27. The van der Waals surface area contributed by atoms with E-state index in [9.17, 15) is 8.42 Å². The van der Waals surface area contributed by atoms with Crippen LogP contribution in [0.1, 0.15) is 19.4 Å². The molecule has 0 aliphatic rings. The Morgan fingerprint density at radius 3 is 2.80 bits per heavy atom. The van der Waals surface area contributed by atoms with Crippen LogP contribution in [-0.2, 0) is 10.0 Å². The third kappa shape index (κ3) is 3.02. The Morgan fingerprint density at radius 1 is 1.60 bits per heavy atom. The summed E-state index contributed by atoms with van der Waals surface area (Å²) in [7, 11) is -3.51. The van der Waals surface area contributed by atoms with Crippen LogP contribution >= 0.6 is 11.3 Å². The van der Waals surface area contributed by atoms with Crippen LogP contribution in [-0.4, -0.2) is 15.0 Å². The molecular weight excluding hydrogens is 232 g/mol. The predicted octanol–water partition coefficient (Wildman–Crippen LogP) is 1.55. The average Bonchev–Trinajstić information content (AvgIpc) is 2.63. The summed E-state index contributed by atoms with van der Waals surface area (Å²) in [6.45, 7) is 4.22. The van der Waals surface area contributed by atoms with Gasteiger partial charge in [-0.2, -0.15) is 5.26 Å². The van der Waals surface area contributed by atoms with Crippen molar-refractivity contribution in [1.29, 1.82) is 5.26 Å². The molecule has 0 atom stereocenters. The Bertz CT molecular complexity index is 469. The second-order valence-corrected chi connectivity index (χ2v) is 6.36. The zero-order chi connectivity index (χ0) is 11.5. The summed E-state index contributed by atoms with van der Waals surface area (Å²) in [5, 5.41) is 10.3. The summed E-state index contributed by atoms with van der Waals surface area (Å²) in [6, 6.07) is 3.37. The van der Waals surface area contributed by atoms with E-state index < -0.39 is 10.0 Å². The van der Waals surface area contributed by atoms with Crippen LogP contribution in [0.2, 0.25) is 0 Å². The van der Waals surface area contributed by atoms with Crippen LogP contribution in [0.4, 0.5) is 0 Å². The molecule has 15 heavy (non-hydrogen) atoms. The molecule has 1 aromatic rings. The van der Waals surface area contributed by atoms with E-state index in [1.807, 2.05) is 19.9 Å². The second-order valence-electron chi connectivity index (χ2n) is 3.48. The van der Waals surface area contributed by atoms with Crippen molar-refractivity contribution in [2.24, 2.45) is 5.92 Å². The Hall–Kier alpha value is -0.900. The molecule has 1 aromatic heterocycles. The summed E-state index contributed by atoms with van der Waals surface area (Å²) in [4.78, 5) is 0. The minimum Gasteiger partial charge on any atom is -0.210 e. The third-order valence-electron chi connectivity index (χ3n) is 1.68. The number of sulfonamides is 1. The van der Waals surface area contributed by atoms with Crippen molar-refractivity contribution in [1.82, 2.24) is 4.72 Å². The first-order valence-corrected chi connectivity index (χ1v) is 6.81. The molecule has 0 bridgehead atoms. The highest BCUT2D eigenvalue weighted by Gasteiger charge is 2.19. The van der Waals surface area contributed by atoms with E-state index >= 15 is 0 Å². The highest BCUT2D eigenvalue weighted by atomic mass is 32.2. The number of nitriles is 1. The molecule has 6 heteroatoms. The number of thiophene rings is 1. The Kier molecular flexibility index (Phi) is 3.85. The van der Waals surface area contributed by atoms with Crippen LogP contribution in [0.5, 0.6) is 0 Å². The molecule has 1 heterocycles. The highest BCUT2D eigenvalue weighted by Crippen LogP contribution is 2.21. The SMILES string of the molecule is CC(C)CNS(=O)(=O)c1sccc1C#N. The zero-order valence-corrected chi connectivity index (χ0v) is 10.2. The van der Waals surface area contributed by atoms with Crippen LogP contribution in [0, 0.1) is 17.2 Å². The maximum absolute atomic E-state index is 11.7. The van der Waals surface area contributed by atoms with Crippen molar-refractivity contribution in [2.75, 3.05) is 6.54 Å². The van der Waals surface area contributed by atoms with Crippen LogP contribution in [0.15, 0.2) is 15.7 Å². The molecule has 0 unspecified atom stereocenters. The molecule has 4 nitrogen and oxygen atoms in total. The molecule has 0 aliphatic heterocycles. The van der Waals surface area contributed by atoms with E-state index in [0.717, 1.165) is 11.3 Å². The van der Waals surface area contributed by atoms with E-state index in [0.29, 0.717) is 6.54 Å². The van der Waals surface area contributed by atoms with E-state index in [2.05, 4.69) is 4.72 Å². The summed E-state index contributed by atoms with van der Waals surface area (Å²) in [5.41, 5.74) is 0.205. The number of nitrogens with zero attached hydrogens (tertiary/aromatic N) is 1. The normalized spacial score (nSPS) is 11.6. The van der Waals surface area contributed by atoms with Gasteiger partial charge in [-0.05, 0) is 17.4 Å². The van der Waals surface area contributed by atoms with Gasteiger partial charge in [0.05, 0.1) is 5.56 Å². The van der Waals surface area contributed by atoms with Gasteiger partial charge in [0.15, 0.2) is 4.21 Å². The standard InChI is InChI=1S/C9H12N2O2S2/c1-7(2)6-11-15(12,13)9-8(5-10)3-4-14-9/h3-4,7,11H,6H2,1-2H3. The molecule has 82 valence electrons. The van der Waals surface area contributed by atoms with Gasteiger partial charge in [-0.15, -0.1) is 11.3 Å². The van der Waals surface area contributed by atoms with Gasteiger partial charge in [0.25, 0.3) is 10.0 Å². The maximum Gasteiger partial charge on any atom is 0.251 e. The van der Waals surface area contributed by atoms with Gasteiger partial charge in [0, 0.05) is 6.54 Å². The lowest BCUT2D eigenvalue weighted by molar-refractivity contribution is 0.562. The monoisotopic (exact) mass is 244 g/mol. The number of hydrogen-bond acceptors (Lipinski definition) is 4. The second kappa shape index (κ2) is 4.75. The molecule has 0 saturated carbocycles. The van der Waals surface area contributed by atoms with E-state index in [-0.39, 0.29) is 15.7 Å². The first kappa shape index (κ1) is 12.2. The van der Waals surface area contributed by atoms with Gasteiger partial charge in [-0.1, -0.05) is 13.8 Å². The van der Waals surface area contributed by atoms with Crippen LogP contribution < -0.4 is 4.72 Å². The van der Waals surface area contributed by atoms with E-state index in [1.54, 1.807) is 5.38 Å². The maximum atomic E-state index is 11.7. The Balaban J connectivity index is 2.93. The lowest BCUT2D eigenvalue weighted by atomic mass is 10.2. The van der Waals surface area contributed by atoms with Crippen molar-refractivity contribution in [3.05, 3.63) is 17.0 Å². The van der Waals surface area contributed by atoms with Crippen LogP contribution in [0.3, 0.4) is 0 Å². The third-order valence-corrected chi connectivity index (χ3v) is 4.58. The predicted molar refractivity (Wildman–Crippen MR) is 59.1 cm³/mol. The average molecular weight is 244 g/mol. The van der Waals surface area contributed by atoms with Gasteiger partial charge in [-0.3, -0.25) is 0 Å². The van der Waals surface area contributed by atoms with Gasteiger partial charge >= 0.3 is 0 Å². The number of rotatable bonds is 4. The van der Waals surface area contributed by atoms with Crippen LogP contribution in [0.25, 0.3) is 0 Å². The van der Waals surface area contributed by atoms with Crippen molar-refractivity contribution in [2.45, 2.75) is 18.1 Å². The lowest BCUT2D eigenvalue weighted by Gasteiger charge is -2.07. The molecule has 0 aliphatic carbocycles. The molecule has 0 amide bonds. The first-order chi connectivity index (χ1) is 6.97. The van der Waals surface area contributed by atoms with Crippen molar-refractivity contribution in [3.63, 3.8) is 0 Å². The Morgan fingerprint density at radius 2 is 2.27 bits per heavy atom. The number of nitrogens with one attached hydrogen (secondary N) is 1. The highest BCUT2D eigenvalue weighted by molar-refractivity contribution is 7.91. The fourth-order valence-electron chi connectivity index (χ4n) is 0.928. The van der Waals surface area contributed by atoms with E-state index in [1.165, 1.54) is 6.07 Å². The molecular formula is C9H12N2O2S2. The largest absolute Gasteiger partial charge is 0.251 e. The fourth-order valence-corrected chi connectivity index (χ4v) is 3.43. The zero-order valence-electron chi connectivity index (χ0n) is 8.52. The molecule has 0 radical (unpaired) electrons. The molecule has 1 rings (SSSR count). The quantitative estimate of drug-likeness (QED) is 0.873. The number of hydrogen-bond donors (Lipinski definition) is 1. The van der Waals surface area contributed by atoms with Gasteiger partial charge in [0.2, 0.25) is 0 Å². The fraction of sp³-hybridized carbons (Fsp3) is 0.444. The Labute approximate surface area is 93.6 Å². The summed E-state index contributed by atoms with van der Waals surface area (Å²) in [6.07, 6.45) is 0. The molecule has 0 fully saturated rings. The van der Waals surface area contributed by atoms with Crippen molar-refractivity contribution < 1.29 is 8.42 Å². The van der Waals surface area contributed by atoms with Crippen molar-refractivity contribution in [3.8, 4) is 6.07 Å². The topological polar surface area (TPSA) is 70.0 Å². The molecule has 0 saturated heterocycles. The van der Waals surface area contributed by atoms with E-state index in [4.69, 9.17) is 5.26 Å². The van der Waals surface area contributed by atoms with Gasteiger partial charge < -0.3 is 0 Å². The van der Waals surface area contributed by atoms with Crippen molar-refractivity contribution >= 4 is 21.4 Å². The minimum atomic E-state index is -3.51. The smallest absolute Gasteiger partial charge is 0.210 e. The molecule has 0 spiro atoms. The first-order valence-electron chi connectivity index (χ1n) is 4.44. The summed E-state index contributed by atoms with van der Waals surface area (Å²) in [5.74, 6) is 0.241. The summed E-state index contributed by atoms with van der Waals surface area (Å²) < 4.78 is 26.0. The van der Waals surface area contributed by atoms with Gasteiger partial charge in [-0.25, -0.2) is 13.1 Å². The minimum absolute atomic E-state index is 0.102. The molecule has 0 aromatic carbocycles.